The van der Waals surface area contributed by atoms with Gasteiger partial charge in [0.2, 0.25) is 5.13 Å². The van der Waals surface area contributed by atoms with Crippen LogP contribution < -0.4 is 10.1 Å². The minimum absolute atomic E-state index is 0.0260. The molecule has 23 heavy (non-hydrogen) atoms. The van der Waals surface area contributed by atoms with Crippen molar-refractivity contribution in [1.82, 2.24) is 10.2 Å². The summed E-state index contributed by atoms with van der Waals surface area (Å²) in [5, 5.41) is 12.3. The summed E-state index contributed by atoms with van der Waals surface area (Å²) in [5.41, 5.74) is 1.09. The molecule has 2 aromatic rings. The molecule has 1 aromatic carbocycles. The van der Waals surface area contributed by atoms with Crippen LogP contribution in [0, 0.1) is 0 Å². The van der Waals surface area contributed by atoms with Crippen molar-refractivity contribution in [2.75, 3.05) is 11.9 Å². The zero-order chi connectivity index (χ0) is 16.5. The van der Waals surface area contributed by atoms with Gasteiger partial charge in [0.25, 0.3) is 5.91 Å². The van der Waals surface area contributed by atoms with E-state index in [-0.39, 0.29) is 12.5 Å². The van der Waals surface area contributed by atoms with Crippen molar-refractivity contribution in [3.8, 4) is 5.75 Å². The molecular weight excluding hydrogens is 310 g/mol. The van der Waals surface area contributed by atoms with Crippen molar-refractivity contribution in [3.05, 3.63) is 34.8 Å². The van der Waals surface area contributed by atoms with Crippen LogP contribution in [0.15, 0.2) is 24.3 Å². The molecule has 0 bridgehead atoms. The van der Waals surface area contributed by atoms with Crippen LogP contribution in [-0.4, -0.2) is 22.7 Å². The van der Waals surface area contributed by atoms with Gasteiger partial charge in [0, 0.05) is 6.42 Å². The first kappa shape index (κ1) is 17.4. The van der Waals surface area contributed by atoms with Gasteiger partial charge in [-0.05, 0) is 24.5 Å². The Labute approximate surface area is 141 Å². The van der Waals surface area contributed by atoms with E-state index in [1.807, 2.05) is 24.3 Å². The number of nitrogens with zero attached hydrogens (tertiary/aromatic N) is 2. The van der Waals surface area contributed by atoms with Crippen LogP contribution in [0.5, 0.6) is 5.75 Å². The normalized spacial score (nSPS) is 10.5. The number of rotatable bonds is 9. The number of aryl methyl sites for hydroxylation is 2. The number of nitrogens with one attached hydrogen (secondary N) is 1. The third kappa shape index (κ3) is 5.63. The van der Waals surface area contributed by atoms with Gasteiger partial charge in [-0.25, -0.2) is 0 Å². The fourth-order valence-corrected chi connectivity index (χ4v) is 2.96. The van der Waals surface area contributed by atoms with Crippen LogP contribution in [0.3, 0.4) is 0 Å². The van der Waals surface area contributed by atoms with Crippen LogP contribution in [-0.2, 0) is 17.6 Å². The summed E-state index contributed by atoms with van der Waals surface area (Å²) in [6, 6.07) is 7.75. The largest absolute Gasteiger partial charge is 0.483 e. The smallest absolute Gasteiger partial charge is 0.264 e. The lowest BCUT2D eigenvalue weighted by molar-refractivity contribution is -0.118. The van der Waals surface area contributed by atoms with Crippen molar-refractivity contribution in [3.63, 3.8) is 0 Å². The Morgan fingerprint density at radius 2 is 2.04 bits per heavy atom. The second-order valence-electron chi connectivity index (χ2n) is 5.26. The SMILES string of the molecule is CCCCCc1nnc(NC(=O)COc2ccccc2CC)s1. The Hall–Kier alpha value is -1.95. The van der Waals surface area contributed by atoms with Crippen LogP contribution in [0.1, 0.15) is 43.7 Å². The zero-order valence-corrected chi connectivity index (χ0v) is 14.5. The number of ether oxygens (including phenoxy) is 1. The first-order chi connectivity index (χ1) is 11.2. The molecule has 0 aliphatic carbocycles. The highest BCUT2D eigenvalue weighted by molar-refractivity contribution is 7.15. The summed E-state index contributed by atoms with van der Waals surface area (Å²) < 4.78 is 5.59. The number of unbranched alkanes of at least 4 members (excludes halogenated alkanes) is 2. The van der Waals surface area contributed by atoms with E-state index >= 15 is 0 Å². The monoisotopic (exact) mass is 333 g/mol. The molecule has 0 aliphatic rings. The maximum Gasteiger partial charge on any atom is 0.264 e. The zero-order valence-electron chi connectivity index (χ0n) is 13.7. The quantitative estimate of drug-likeness (QED) is 0.708. The number of carbonyl (C=O) groups excluding carboxylic acids is 1. The second kappa shape index (κ2) is 9.25. The standard InChI is InChI=1S/C17H23N3O2S/c1-3-5-6-11-16-19-20-17(23-16)18-15(21)12-22-14-10-8-7-9-13(14)4-2/h7-10H,3-6,11-12H2,1-2H3,(H,18,20,21). The minimum atomic E-state index is -0.216. The van der Waals surface area contributed by atoms with E-state index in [1.54, 1.807) is 0 Å². The first-order valence-electron chi connectivity index (χ1n) is 8.05. The molecule has 5 nitrogen and oxygen atoms in total. The minimum Gasteiger partial charge on any atom is -0.483 e. The molecule has 0 saturated carbocycles. The van der Waals surface area contributed by atoms with Gasteiger partial charge in [0.15, 0.2) is 6.61 Å². The summed E-state index contributed by atoms with van der Waals surface area (Å²) in [6.07, 6.45) is 5.26. The Kier molecular flexibility index (Phi) is 7.00. The molecule has 0 atom stereocenters. The molecule has 0 unspecified atom stereocenters. The van der Waals surface area contributed by atoms with E-state index in [0.717, 1.165) is 35.6 Å². The number of hydrogen-bond donors (Lipinski definition) is 1. The van der Waals surface area contributed by atoms with E-state index in [9.17, 15) is 4.79 Å². The second-order valence-corrected chi connectivity index (χ2v) is 6.32. The van der Waals surface area contributed by atoms with Gasteiger partial charge in [-0.15, -0.1) is 10.2 Å². The molecule has 124 valence electrons. The summed E-state index contributed by atoms with van der Waals surface area (Å²) >= 11 is 1.43. The lowest BCUT2D eigenvalue weighted by atomic mass is 10.1. The first-order valence-corrected chi connectivity index (χ1v) is 8.87. The number of para-hydroxylation sites is 1. The lowest BCUT2D eigenvalue weighted by Gasteiger charge is -2.09. The van der Waals surface area contributed by atoms with Crippen LogP contribution in [0.2, 0.25) is 0 Å². The lowest BCUT2D eigenvalue weighted by Crippen LogP contribution is -2.20. The predicted octanol–water partition coefficient (Wildman–Crippen LogP) is 3.85. The van der Waals surface area contributed by atoms with E-state index in [1.165, 1.54) is 24.2 Å². The highest BCUT2D eigenvalue weighted by Gasteiger charge is 2.10. The Balaban J connectivity index is 1.80. The van der Waals surface area contributed by atoms with Crippen LogP contribution in [0.25, 0.3) is 0 Å². The van der Waals surface area contributed by atoms with Gasteiger partial charge < -0.3 is 4.74 Å². The van der Waals surface area contributed by atoms with Crippen molar-refractivity contribution in [1.29, 1.82) is 0 Å². The molecule has 0 fully saturated rings. The summed E-state index contributed by atoms with van der Waals surface area (Å²) in [5.74, 6) is 0.537. The Morgan fingerprint density at radius 3 is 2.83 bits per heavy atom. The number of benzene rings is 1. The fourth-order valence-electron chi connectivity index (χ4n) is 2.17. The highest BCUT2D eigenvalue weighted by atomic mass is 32.1. The van der Waals surface area contributed by atoms with Gasteiger partial charge in [0.1, 0.15) is 10.8 Å². The number of hydrogen-bond acceptors (Lipinski definition) is 5. The molecule has 6 heteroatoms. The van der Waals surface area contributed by atoms with Gasteiger partial charge in [-0.1, -0.05) is 56.2 Å². The van der Waals surface area contributed by atoms with Crippen LogP contribution in [0.4, 0.5) is 5.13 Å². The number of anilines is 1. The highest BCUT2D eigenvalue weighted by Crippen LogP contribution is 2.19. The molecule has 1 heterocycles. The average molecular weight is 333 g/mol. The molecule has 0 aliphatic heterocycles. The van der Waals surface area contributed by atoms with Crippen LogP contribution >= 0.6 is 11.3 Å². The van der Waals surface area contributed by atoms with E-state index in [2.05, 4.69) is 29.4 Å². The Bertz CT molecular complexity index is 628. The van der Waals surface area contributed by atoms with Gasteiger partial charge in [-0.2, -0.15) is 0 Å². The van der Waals surface area contributed by atoms with Gasteiger partial charge in [-0.3, -0.25) is 10.1 Å². The third-order valence-corrected chi connectivity index (χ3v) is 4.32. The topological polar surface area (TPSA) is 64.1 Å². The fraction of sp³-hybridized carbons (Fsp3) is 0.471. The molecular formula is C17H23N3O2S. The van der Waals surface area contributed by atoms with Crippen molar-refractivity contribution in [2.45, 2.75) is 46.0 Å². The molecule has 1 N–H and O–H groups in total. The maximum atomic E-state index is 12.0. The summed E-state index contributed by atoms with van der Waals surface area (Å²) in [6.45, 7) is 4.20. The van der Waals surface area contributed by atoms with Crippen molar-refractivity contribution < 1.29 is 9.53 Å². The molecule has 0 saturated heterocycles. The van der Waals surface area contributed by atoms with E-state index < -0.39 is 0 Å². The van der Waals surface area contributed by atoms with Gasteiger partial charge in [0.05, 0.1) is 0 Å². The maximum absolute atomic E-state index is 12.0. The molecule has 0 spiro atoms. The average Bonchev–Trinajstić information content (AvgIpc) is 3.00. The molecule has 2 rings (SSSR count). The molecule has 0 radical (unpaired) electrons. The summed E-state index contributed by atoms with van der Waals surface area (Å²) in [7, 11) is 0. The summed E-state index contributed by atoms with van der Waals surface area (Å²) in [4.78, 5) is 12.0. The van der Waals surface area contributed by atoms with E-state index in [0.29, 0.717) is 5.13 Å². The van der Waals surface area contributed by atoms with Crippen molar-refractivity contribution in [2.24, 2.45) is 0 Å². The van der Waals surface area contributed by atoms with Crippen molar-refractivity contribution >= 4 is 22.4 Å². The third-order valence-electron chi connectivity index (χ3n) is 3.42. The molecule has 1 amide bonds. The number of carbonyl (C=O) groups is 1. The number of amides is 1. The molecule has 1 aromatic heterocycles. The number of aromatic nitrogens is 2. The van der Waals surface area contributed by atoms with E-state index in [4.69, 9.17) is 4.74 Å². The van der Waals surface area contributed by atoms with Gasteiger partial charge >= 0.3 is 0 Å². The predicted molar refractivity (Wildman–Crippen MR) is 93.1 cm³/mol. The Morgan fingerprint density at radius 1 is 1.22 bits per heavy atom.